The molecular weight excluding hydrogens is 240 g/mol. The smallest absolute Gasteiger partial charge is 0.227 e. The van der Waals surface area contributed by atoms with Gasteiger partial charge in [-0.2, -0.15) is 0 Å². The average Bonchev–Trinajstić information content (AvgIpc) is 2.91. The molecule has 0 aromatic heterocycles. The van der Waals surface area contributed by atoms with Gasteiger partial charge >= 0.3 is 0 Å². The minimum absolute atomic E-state index is 0.166. The minimum Gasteiger partial charge on any atom is -0.508 e. The number of rotatable bonds is 5. The van der Waals surface area contributed by atoms with E-state index in [9.17, 15) is 9.90 Å². The molecule has 4 nitrogen and oxygen atoms in total. The fourth-order valence-electron chi connectivity index (χ4n) is 2.57. The fourth-order valence-corrected chi connectivity index (χ4v) is 2.57. The van der Waals surface area contributed by atoms with Gasteiger partial charge in [0.05, 0.1) is 5.41 Å². The second-order valence-corrected chi connectivity index (χ2v) is 5.23. The Hall–Kier alpha value is -1.55. The second kappa shape index (κ2) is 6.06. The highest BCUT2D eigenvalue weighted by Crippen LogP contribution is 2.29. The molecule has 1 aromatic carbocycles. The first-order valence-electron chi connectivity index (χ1n) is 6.93. The third-order valence-corrected chi connectivity index (χ3v) is 4.04. The predicted molar refractivity (Wildman–Crippen MR) is 75.0 cm³/mol. The molecule has 1 atom stereocenters. The summed E-state index contributed by atoms with van der Waals surface area (Å²) in [7, 11) is 0. The normalized spacial score (nSPS) is 22.4. The zero-order chi connectivity index (χ0) is 13.7. The molecule has 1 amide bonds. The lowest BCUT2D eigenvalue weighted by atomic mass is 9.83. The lowest BCUT2D eigenvalue weighted by Gasteiger charge is -2.25. The molecule has 1 aliphatic heterocycles. The fraction of sp³-hybridized carbons (Fsp3) is 0.533. The van der Waals surface area contributed by atoms with E-state index in [2.05, 4.69) is 17.6 Å². The molecule has 19 heavy (non-hydrogen) atoms. The third kappa shape index (κ3) is 3.26. The monoisotopic (exact) mass is 262 g/mol. The van der Waals surface area contributed by atoms with Crippen LogP contribution in [0.2, 0.25) is 0 Å². The van der Waals surface area contributed by atoms with Crippen LogP contribution in [0.15, 0.2) is 24.3 Å². The maximum atomic E-state index is 12.3. The van der Waals surface area contributed by atoms with Crippen LogP contribution < -0.4 is 10.6 Å². The molecule has 1 aromatic rings. The Kier molecular flexibility index (Phi) is 4.43. The van der Waals surface area contributed by atoms with E-state index in [0.29, 0.717) is 6.54 Å². The van der Waals surface area contributed by atoms with Crippen molar-refractivity contribution in [2.24, 2.45) is 5.41 Å². The Morgan fingerprint density at radius 3 is 2.74 bits per heavy atom. The number of carbonyl (C=O) groups excluding carboxylic acids is 1. The minimum atomic E-state index is -0.213. The van der Waals surface area contributed by atoms with Gasteiger partial charge in [-0.25, -0.2) is 0 Å². The van der Waals surface area contributed by atoms with Crippen molar-refractivity contribution in [1.29, 1.82) is 0 Å². The van der Waals surface area contributed by atoms with E-state index in [1.54, 1.807) is 12.1 Å². The molecule has 0 spiro atoms. The van der Waals surface area contributed by atoms with Crippen LogP contribution >= 0.6 is 0 Å². The molecule has 1 aliphatic rings. The lowest BCUT2D eigenvalue weighted by molar-refractivity contribution is -0.130. The van der Waals surface area contributed by atoms with E-state index in [1.807, 2.05) is 12.1 Å². The van der Waals surface area contributed by atoms with Crippen LogP contribution in [-0.4, -0.2) is 30.6 Å². The molecule has 0 bridgehead atoms. The van der Waals surface area contributed by atoms with Gasteiger partial charge in [0.1, 0.15) is 5.75 Å². The molecule has 0 aliphatic carbocycles. The molecule has 1 saturated heterocycles. The lowest BCUT2D eigenvalue weighted by Crippen LogP contribution is -2.42. The number of amides is 1. The van der Waals surface area contributed by atoms with Gasteiger partial charge in [0, 0.05) is 13.1 Å². The maximum absolute atomic E-state index is 12.3. The Bertz CT molecular complexity index is 422. The van der Waals surface area contributed by atoms with Gasteiger partial charge in [-0.15, -0.1) is 0 Å². The molecule has 1 heterocycles. The van der Waals surface area contributed by atoms with Gasteiger partial charge < -0.3 is 15.7 Å². The zero-order valence-electron chi connectivity index (χ0n) is 11.4. The van der Waals surface area contributed by atoms with Gasteiger partial charge in [0.15, 0.2) is 0 Å². The van der Waals surface area contributed by atoms with E-state index < -0.39 is 0 Å². The summed E-state index contributed by atoms with van der Waals surface area (Å²) in [5.74, 6) is 0.438. The summed E-state index contributed by atoms with van der Waals surface area (Å²) in [6, 6.07) is 7.11. The Labute approximate surface area is 114 Å². The van der Waals surface area contributed by atoms with E-state index in [-0.39, 0.29) is 17.1 Å². The molecule has 2 rings (SSSR count). The van der Waals surface area contributed by atoms with Crippen molar-refractivity contribution in [2.45, 2.75) is 26.2 Å². The summed E-state index contributed by atoms with van der Waals surface area (Å²) >= 11 is 0. The van der Waals surface area contributed by atoms with Crippen LogP contribution in [0.25, 0.3) is 0 Å². The summed E-state index contributed by atoms with van der Waals surface area (Å²) < 4.78 is 0. The van der Waals surface area contributed by atoms with Crippen LogP contribution in [0, 0.1) is 5.41 Å². The quantitative estimate of drug-likeness (QED) is 0.752. The van der Waals surface area contributed by atoms with Crippen molar-refractivity contribution in [3.05, 3.63) is 29.8 Å². The zero-order valence-corrected chi connectivity index (χ0v) is 11.4. The van der Waals surface area contributed by atoms with Crippen molar-refractivity contribution in [3.63, 3.8) is 0 Å². The van der Waals surface area contributed by atoms with Gasteiger partial charge in [0.2, 0.25) is 5.91 Å². The average molecular weight is 262 g/mol. The first kappa shape index (κ1) is 13.9. The summed E-state index contributed by atoms with van der Waals surface area (Å²) in [5.41, 5.74) is 0.905. The number of phenols is 1. The Morgan fingerprint density at radius 1 is 1.42 bits per heavy atom. The van der Waals surface area contributed by atoms with Crippen LogP contribution in [0.5, 0.6) is 5.75 Å². The number of nitrogens with one attached hydrogen (secondary N) is 2. The first-order chi connectivity index (χ1) is 9.16. The highest BCUT2D eigenvalue weighted by Gasteiger charge is 2.38. The summed E-state index contributed by atoms with van der Waals surface area (Å²) in [5, 5.41) is 15.5. The van der Waals surface area contributed by atoms with E-state index in [1.165, 1.54) is 0 Å². The van der Waals surface area contributed by atoms with Crippen molar-refractivity contribution in [2.75, 3.05) is 19.6 Å². The summed E-state index contributed by atoms with van der Waals surface area (Å²) in [6.07, 6.45) is 2.60. The third-order valence-electron chi connectivity index (χ3n) is 4.04. The number of benzene rings is 1. The highest BCUT2D eigenvalue weighted by molar-refractivity contribution is 5.83. The van der Waals surface area contributed by atoms with E-state index in [4.69, 9.17) is 0 Å². The molecule has 0 radical (unpaired) electrons. The maximum Gasteiger partial charge on any atom is 0.227 e. The van der Waals surface area contributed by atoms with Gasteiger partial charge in [-0.3, -0.25) is 4.79 Å². The van der Waals surface area contributed by atoms with Crippen LogP contribution in [0.4, 0.5) is 0 Å². The SMILES string of the molecule is CCC1(C(=O)NCCc2ccc(O)cc2)CCNC1. The predicted octanol–water partition coefficient (Wildman–Crippen LogP) is 1.44. The second-order valence-electron chi connectivity index (χ2n) is 5.23. The number of aromatic hydroxyl groups is 1. The molecule has 1 unspecified atom stereocenters. The van der Waals surface area contributed by atoms with Gasteiger partial charge in [-0.05, 0) is 43.5 Å². The van der Waals surface area contributed by atoms with Gasteiger partial charge in [0.25, 0.3) is 0 Å². The summed E-state index contributed by atoms with van der Waals surface area (Å²) in [6.45, 7) is 4.44. The van der Waals surface area contributed by atoms with Gasteiger partial charge in [-0.1, -0.05) is 19.1 Å². The molecule has 1 fully saturated rings. The Morgan fingerprint density at radius 2 is 2.16 bits per heavy atom. The van der Waals surface area contributed by atoms with E-state index in [0.717, 1.165) is 37.9 Å². The van der Waals surface area contributed by atoms with Crippen LogP contribution in [-0.2, 0) is 11.2 Å². The largest absolute Gasteiger partial charge is 0.508 e. The number of carbonyl (C=O) groups is 1. The molecule has 0 saturated carbocycles. The van der Waals surface area contributed by atoms with Crippen molar-refractivity contribution in [3.8, 4) is 5.75 Å². The summed E-state index contributed by atoms with van der Waals surface area (Å²) in [4.78, 5) is 12.3. The van der Waals surface area contributed by atoms with Crippen LogP contribution in [0.1, 0.15) is 25.3 Å². The molecule has 104 valence electrons. The first-order valence-corrected chi connectivity index (χ1v) is 6.93. The topological polar surface area (TPSA) is 61.4 Å². The number of hydrogen-bond acceptors (Lipinski definition) is 3. The van der Waals surface area contributed by atoms with Crippen molar-refractivity contribution >= 4 is 5.91 Å². The standard InChI is InChI=1S/C15H22N2O2/c1-2-15(8-10-16-11-15)14(19)17-9-7-12-3-5-13(18)6-4-12/h3-6,16,18H,2,7-11H2,1H3,(H,17,19). The number of phenolic OH excluding ortho intramolecular Hbond substituents is 1. The van der Waals surface area contributed by atoms with E-state index >= 15 is 0 Å². The van der Waals surface area contributed by atoms with Crippen molar-refractivity contribution < 1.29 is 9.90 Å². The molecule has 4 heteroatoms. The Balaban J connectivity index is 1.82. The van der Waals surface area contributed by atoms with Crippen molar-refractivity contribution in [1.82, 2.24) is 10.6 Å². The molecular formula is C15H22N2O2. The van der Waals surface area contributed by atoms with Crippen LogP contribution in [0.3, 0.4) is 0 Å². The number of hydrogen-bond donors (Lipinski definition) is 3. The highest BCUT2D eigenvalue weighted by atomic mass is 16.3. The molecule has 3 N–H and O–H groups in total.